The Bertz CT molecular complexity index is 1380. The van der Waals surface area contributed by atoms with Gasteiger partial charge < -0.3 is 19.7 Å². The Labute approximate surface area is 222 Å². The molecular formula is C30H33FN4O3. The van der Waals surface area contributed by atoms with Crippen LogP contribution in [0, 0.1) is 5.82 Å². The molecule has 0 bridgehead atoms. The van der Waals surface area contributed by atoms with E-state index in [1.807, 2.05) is 59.4 Å². The maximum Gasteiger partial charge on any atom is 0.238 e. The third-order valence-corrected chi connectivity index (χ3v) is 6.98. The number of nitrogens with zero attached hydrogens (tertiary/aromatic N) is 3. The minimum atomic E-state index is -0.745. The second-order valence-corrected chi connectivity index (χ2v) is 9.79. The molecule has 2 atom stereocenters. The van der Waals surface area contributed by atoms with Crippen molar-refractivity contribution < 1.29 is 19.0 Å². The average molecular weight is 517 g/mol. The van der Waals surface area contributed by atoms with E-state index in [9.17, 15) is 14.3 Å². The molecule has 0 radical (unpaired) electrons. The van der Waals surface area contributed by atoms with Crippen molar-refractivity contribution in [1.82, 2.24) is 14.4 Å². The van der Waals surface area contributed by atoms with E-state index in [-0.39, 0.29) is 30.9 Å². The number of ether oxygens (including phenoxy) is 1. The van der Waals surface area contributed by atoms with Crippen LogP contribution < -0.4 is 10.1 Å². The molecule has 8 heteroatoms. The molecule has 1 saturated heterocycles. The van der Waals surface area contributed by atoms with E-state index in [0.29, 0.717) is 26.2 Å². The fourth-order valence-electron chi connectivity index (χ4n) is 5.04. The van der Waals surface area contributed by atoms with Gasteiger partial charge in [0.1, 0.15) is 12.7 Å². The van der Waals surface area contributed by atoms with E-state index in [4.69, 9.17) is 4.74 Å². The smallest absolute Gasteiger partial charge is 0.238 e. The van der Waals surface area contributed by atoms with Crippen molar-refractivity contribution in [3.63, 3.8) is 0 Å². The van der Waals surface area contributed by atoms with Gasteiger partial charge in [0.25, 0.3) is 0 Å². The minimum Gasteiger partial charge on any atom is -0.488 e. The summed E-state index contributed by atoms with van der Waals surface area (Å²) in [4.78, 5) is 17.5. The van der Waals surface area contributed by atoms with Gasteiger partial charge in [0.15, 0.2) is 11.6 Å². The Morgan fingerprint density at radius 2 is 1.82 bits per heavy atom. The first-order valence-electron chi connectivity index (χ1n) is 12.9. The van der Waals surface area contributed by atoms with Crippen LogP contribution in [0.3, 0.4) is 0 Å². The van der Waals surface area contributed by atoms with Crippen molar-refractivity contribution in [2.45, 2.75) is 19.1 Å². The highest BCUT2D eigenvalue weighted by atomic mass is 19.1. The lowest BCUT2D eigenvalue weighted by Gasteiger charge is -2.40. The van der Waals surface area contributed by atoms with Gasteiger partial charge in [-0.1, -0.05) is 42.5 Å². The fraction of sp³-hybridized carbons (Fsp3) is 0.300. The molecule has 4 aromatic rings. The minimum absolute atomic E-state index is 0.0189. The first-order valence-corrected chi connectivity index (χ1v) is 12.9. The number of aliphatic hydroxyl groups excluding tert-OH is 1. The molecule has 2 heterocycles. The summed E-state index contributed by atoms with van der Waals surface area (Å²) in [6, 6.07) is 22.4. The average Bonchev–Trinajstić information content (AvgIpc) is 3.45. The van der Waals surface area contributed by atoms with E-state index in [1.54, 1.807) is 18.2 Å². The van der Waals surface area contributed by atoms with Crippen LogP contribution in [0.5, 0.6) is 5.75 Å². The lowest BCUT2D eigenvalue weighted by Crippen LogP contribution is -2.55. The number of carbonyl (C=O) groups excluding carboxylic acids is 1. The monoisotopic (exact) mass is 516 g/mol. The number of hydrogen-bond donors (Lipinski definition) is 2. The Kier molecular flexibility index (Phi) is 8.03. The summed E-state index contributed by atoms with van der Waals surface area (Å²) in [5.41, 5.74) is 1.72. The number of hydrogen-bond acceptors (Lipinski definition) is 5. The molecule has 38 heavy (non-hydrogen) atoms. The summed E-state index contributed by atoms with van der Waals surface area (Å²) in [5.74, 6) is -0.362. The summed E-state index contributed by atoms with van der Waals surface area (Å²) < 4.78 is 21.2. The third kappa shape index (κ3) is 6.05. The topological polar surface area (TPSA) is 70.0 Å². The molecule has 5 rings (SSSR count). The highest BCUT2D eigenvalue weighted by molar-refractivity contribution is 6.06. The van der Waals surface area contributed by atoms with Crippen molar-refractivity contribution in [3.05, 3.63) is 91.0 Å². The molecule has 1 aromatic heterocycles. The lowest BCUT2D eigenvalue weighted by molar-refractivity contribution is -0.118. The molecule has 3 aromatic carbocycles. The number of carbonyl (C=O) groups is 1. The number of aromatic nitrogens is 1. The Morgan fingerprint density at radius 3 is 2.61 bits per heavy atom. The summed E-state index contributed by atoms with van der Waals surface area (Å²) in [7, 11) is 0. The van der Waals surface area contributed by atoms with Crippen molar-refractivity contribution in [2.24, 2.45) is 0 Å². The number of β-amino-alcohol motifs (C(OH)–C–C–N with tert-alkyl or cyclic N) is 1. The van der Waals surface area contributed by atoms with Crippen LogP contribution in [0.2, 0.25) is 0 Å². The van der Waals surface area contributed by atoms with Gasteiger partial charge in [0.05, 0.1) is 17.9 Å². The zero-order valence-corrected chi connectivity index (χ0v) is 21.5. The number of benzene rings is 3. The van der Waals surface area contributed by atoms with Gasteiger partial charge in [-0.25, -0.2) is 4.39 Å². The molecular weight excluding hydrogens is 483 g/mol. The predicted molar refractivity (Wildman–Crippen MR) is 147 cm³/mol. The highest BCUT2D eigenvalue weighted by Crippen LogP contribution is 2.30. The van der Waals surface area contributed by atoms with Crippen LogP contribution in [0.15, 0.2) is 85.2 Å². The van der Waals surface area contributed by atoms with Gasteiger partial charge in [-0.15, -0.1) is 0 Å². The Morgan fingerprint density at radius 1 is 1.05 bits per heavy atom. The van der Waals surface area contributed by atoms with Crippen LogP contribution in [0.25, 0.3) is 16.5 Å². The second kappa shape index (κ2) is 11.8. The summed E-state index contributed by atoms with van der Waals surface area (Å²) in [6.45, 7) is 4.94. The number of anilines is 1. The van der Waals surface area contributed by atoms with E-state index in [2.05, 4.69) is 28.1 Å². The largest absolute Gasteiger partial charge is 0.488 e. The molecule has 0 saturated carbocycles. The van der Waals surface area contributed by atoms with Gasteiger partial charge in [0, 0.05) is 50.0 Å². The van der Waals surface area contributed by atoms with Crippen LogP contribution in [-0.2, 0) is 4.79 Å². The van der Waals surface area contributed by atoms with Gasteiger partial charge in [-0.05, 0) is 42.6 Å². The predicted octanol–water partition coefficient (Wildman–Crippen LogP) is 4.15. The molecule has 0 spiro atoms. The molecule has 2 N–H and O–H groups in total. The van der Waals surface area contributed by atoms with Crippen molar-refractivity contribution >= 4 is 22.4 Å². The van der Waals surface area contributed by atoms with E-state index >= 15 is 0 Å². The normalized spacial score (nSPS) is 17.4. The number of piperazine rings is 1. The standard InChI is InChI=1S/C30H33FN4O3/c1-22-18-33(16-17-35(22)19-24(36)21-38-28-11-5-4-10-26(28)31)20-29(37)32-30-25-9-3-2-8-23(25)12-13-27(30)34-14-6-7-15-34/h2-15,22,24,36H,16-21H2,1H3,(H,32,37)/t22-,24+/m0/s1. The zero-order chi connectivity index (χ0) is 26.5. The van der Waals surface area contributed by atoms with Gasteiger partial charge in [-0.2, -0.15) is 0 Å². The maximum atomic E-state index is 13.8. The third-order valence-electron chi connectivity index (χ3n) is 6.98. The number of aliphatic hydroxyl groups is 1. The molecule has 1 fully saturated rings. The molecule has 0 unspecified atom stereocenters. The number of fused-ring (bicyclic) bond motifs is 1. The number of halogens is 1. The van der Waals surface area contributed by atoms with Crippen molar-refractivity contribution in [1.29, 1.82) is 0 Å². The number of amides is 1. The number of rotatable bonds is 9. The summed E-state index contributed by atoms with van der Waals surface area (Å²) in [6.07, 6.45) is 3.19. The molecule has 198 valence electrons. The molecule has 7 nitrogen and oxygen atoms in total. The molecule has 1 amide bonds. The number of para-hydroxylation sites is 1. The number of nitrogens with one attached hydrogen (secondary N) is 1. The molecule has 1 aliphatic rings. The second-order valence-electron chi connectivity index (χ2n) is 9.79. The van der Waals surface area contributed by atoms with Crippen LogP contribution in [0.4, 0.5) is 10.1 Å². The van der Waals surface area contributed by atoms with Crippen molar-refractivity contribution in [2.75, 3.05) is 44.6 Å². The van der Waals surface area contributed by atoms with Gasteiger partial charge >= 0.3 is 0 Å². The first-order chi connectivity index (χ1) is 18.5. The van der Waals surface area contributed by atoms with E-state index < -0.39 is 11.9 Å². The SMILES string of the molecule is C[C@H]1CN(CC(=O)Nc2c(-n3cccc3)ccc3ccccc23)CCN1C[C@@H](O)COc1ccccc1F. The van der Waals surface area contributed by atoms with E-state index in [0.717, 1.165) is 22.1 Å². The van der Waals surface area contributed by atoms with E-state index in [1.165, 1.54) is 6.07 Å². The van der Waals surface area contributed by atoms with Crippen LogP contribution in [0.1, 0.15) is 6.92 Å². The quantitative estimate of drug-likeness (QED) is 0.350. The van der Waals surface area contributed by atoms with Crippen LogP contribution >= 0.6 is 0 Å². The maximum absolute atomic E-state index is 13.8. The fourth-order valence-corrected chi connectivity index (χ4v) is 5.04. The van der Waals surface area contributed by atoms with Crippen LogP contribution in [-0.4, -0.2) is 76.9 Å². The molecule has 0 aliphatic carbocycles. The van der Waals surface area contributed by atoms with Gasteiger partial charge in [0.2, 0.25) is 5.91 Å². The zero-order valence-electron chi connectivity index (χ0n) is 21.5. The lowest BCUT2D eigenvalue weighted by atomic mass is 10.1. The summed E-state index contributed by atoms with van der Waals surface area (Å²) >= 11 is 0. The Balaban J connectivity index is 1.17. The van der Waals surface area contributed by atoms with Crippen molar-refractivity contribution in [3.8, 4) is 11.4 Å². The van der Waals surface area contributed by atoms with Gasteiger partial charge in [-0.3, -0.25) is 14.6 Å². The summed E-state index contributed by atoms with van der Waals surface area (Å²) in [5, 5.41) is 15.7. The first kappa shape index (κ1) is 25.9. The highest BCUT2D eigenvalue weighted by Gasteiger charge is 2.27. The molecule has 1 aliphatic heterocycles. The Hall–Kier alpha value is -3.72.